The molecule has 1 aromatic carbocycles. The third-order valence-electron chi connectivity index (χ3n) is 3.57. The first kappa shape index (κ1) is 15.3. The molecule has 0 aliphatic rings. The minimum Gasteiger partial charge on any atom is -0.495 e. The van der Waals surface area contributed by atoms with Gasteiger partial charge in [0.1, 0.15) is 11.6 Å². The molecule has 0 bridgehead atoms. The summed E-state index contributed by atoms with van der Waals surface area (Å²) in [4.78, 5) is 6.82. The van der Waals surface area contributed by atoms with E-state index in [1.807, 2.05) is 45.3 Å². The lowest BCUT2D eigenvalue weighted by molar-refractivity contribution is 0.415. The second-order valence-electron chi connectivity index (χ2n) is 5.14. The van der Waals surface area contributed by atoms with Crippen LogP contribution in [-0.2, 0) is 6.54 Å². The number of rotatable bonds is 5. The zero-order valence-corrected chi connectivity index (χ0v) is 13.4. The Morgan fingerprint density at radius 2 is 1.95 bits per heavy atom. The Bertz CT molecular complexity index is 625. The largest absolute Gasteiger partial charge is 0.495 e. The smallest absolute Gasteiger partial charge is 0.142 e. The van der Waals surface area contributed by atoms with E-state index in [0.717, 1.165) is 29.5 Å². The number of para-hydroxylation sites is 2. The molecule has 0 aliphatic heterocycles. The van der Waals surface area contributed by atoms with Crippen molar-refractivity contribution < 1.29 is 4.74 Å². The molecule has 2 aromatic rings. The Morgan fingerprint density at radius 1 is 1.24 bits per heavy atom. The van der Waals surface area contributed by atoms with Crippen LogP contribution in [0.1, 0.15) is 16.8 Å². The molecule has 0 unspecified atom stereocenters. The average molecular weight is 285 g/mol. The monoisotopic (exact) mass is 285 g/mol. The van der Waals surface area contributed by atoms with Crippen LogP contribution in [0.3, 0.4) is 0 Å². The van der Waals surface area contributed by atoms with E-state index in [-0.39, 0.29) is 0 Å². The number of hydrogen-bond donors (Lipinski definition) is 1. The van der Waals surface area contributed by atoms with Crippen molar-refractivity contribution in [2.24, 2.45) is 0 Å². The average Bonchev–Trinajstić information content (AvgIpc) is 2.49. The number of anilines is 2. The van der Waals surface area contributed by atoms with Crippen molar-refractivity contribution in [3.8, 4) is 5.75 Å². The van der Waals surface area contributed by atoms with E-state index in [2.05, 4.69) is 23.2 Å². The van der Waals surface area contributed by atoms with E-state index in [0.29, 0.717) is 0 Å². The lowest BCUT2D eigenvalue weighted by Gasteiger charge is -2.24. The Labute approximate surface area is 126 Å². The van der Waals surface area contributed by atoms with E-state index >= 15 is 0 Å². The molecular formula is C17H23N3O. The molecule has 112 valence electrons. The van der Waals surface area contributed by atoms with Crippen LogP contribution < -0.4 is 15.0 Å². The first-order valence-electron chi connectivity index (χ1n) is 7.07. The van der Waals surface area contributed by atoms with Crippen molar-refractivity contribution >= 4 is 11.5 Å². The van der Waals surface area contributed by atoms with Gasteiger partial charge in [-0.25, -0.2) is 4.98 Å². The number of methoxy groups -OCH3 is 1. The zero-order valence-electron chi connectivity index (χ0n) is 13.4. The standard InChI is InChI=1S/C17H23N3O/c1-12-10-13(2)19-17(14(12)11-18-3)20(4)15-8-6-7-9-16(15)21-5/h6-10,18H,11H2,1-5H3. The molecule has 0 atom stereocenters. The maximum absolute atomic E-state index is 5.46. The van der Waals surface area contributed by atoms with Gasteiger partial charge in [0, 0.05) is 24.8 Å². The van der Waals surface area contributed by atoms with Crippen LogP contribution in [0.2, 0.25) is 0 Å². The van der Waals surface area contributed by atoms with Crippen LogP contribution in [0, 0.1) is 13.8 Å². The number of nitrogens with zero attached hydrogens (tertiary/aromatic N) is 2. The van der Waals surface area contributed by atoms with Gasteiger partial charge >= 0.3 is 0 Å². The molecule has 4 nitrogen and oxygen atoms in total. The molecule has 0 fully saturated rings. The van der Waals surface area contributed by atoms with Crippen LogP contribution in [0.15, 0.2) is 30.3 Å². The first-order chi connectivity index (χ1) is 10.1. The normalized spacial score (nSPS) is 10.5. The highest BCUT2D eigenvalue weighted by molar-refractivity contribution is 5.69. The molecular weight excluding hydrogens is 262 g/mol. The number of benzene rings is 1. The summed E-state index contributed by atoms with van der Waals surface area (Å²) in [6.07, 6.45) is 0. The van der Waals surface area contributed by atoms with Crippen molar-refractivity contribution in [3.05, 3.63) is 47.2 Å². The van der Waals surface area contributed by atoms with E-state index in [4.69, 9.17) is 9.72 Å². The van der Waals surface area contributed by atoms with Gasteiger partial charge in [-0.15, -0.1) is 0 Å². The van der Waals surface area contributed by atoms with E-state index < -0.39 is 0 Å². The maximum atomic E-state index is 5.46. The Kier molecular flexibility index (Phi) is 4.81. The van der Waals surface area contributed by atoms with E-state index in [1.165, 1.54) is 11.1 Å². The van der Waals surface area contributed by atoms with Crippen molar-refractivity contribution in [1.82, 2.24) is 10.3 Å². The molecule has 2 rings (SSSR count). The molecule has 0 saturated heterocycles. The second kappa shape index (κ2) is 6.59. The zero-order chi connectivity index (χ0) is 15.4. The Hall–Kier alpha value is -2.07. The lowest BCUT2D eigenvalue weighted by atomic mass is 10.1. The van der Waals surface area contributed by atoms with Crippen LogP contribution in [0.25, 0.3) is 0 Å². The summed E-state index contributed by atoms with van der Waals surface area (Å²) >= 11 is 0. The number of aromatic nitrogens is 1. The molecule has 0 amide bonds. The van der Waals surface area contributed by atoms with Gasteiger partial charge in [0.05, 0.1) is 12.8 Å². The first-order valence-corrected chi connectivity index (χ1v) is 7.07. The third-order valence-corrected chi connectivity index (χ3v) is 3.57. The number of pyridine rings is 1. The summed E-state index contributed by atoms with van der Waals surface area (Å²) in [5.74, 6) is 1.81. The number of nitrogens with one attached hydrogen (secondary N) is 1. The molecule has 1 N–H and O–H groups in total. The van der Waals surface area contributed by atoms with Gasteiger partial charge in [-0.1, -0.05) is 12.1 Å². The molecule has 0 aliphatic carbocycles. The van der Waals surface area contributed by atoms with E-state index in [1.54, 1.807) is 7.11 Å². The summed E-state index contributed by atoms with van der Waals surface area (Å²) < 4.78 is 5.46. The molecule has 0 saturated carbocycles. The summed E-state index contributed by atoms with van der Waals surface area (Å²) in [6, 6.07) is 10.1. The number of aryl methyl sites for hydroxylation is 2. The second-order valence-corrected chi connectivity index (χ2v) is 5.14. The highest BCUT2D eigenvalue weighted by Crippen LogP contribution is 2.33. The quantitative estimate of drug-likeness (QED) is 0.915. The fourth-order valence-electron chi connectivity index (χ4n) is 2.54. The fourth-order valence-corrected chi connectivity index (χ4v) is 2.54. The summed E-state index contributed by atoms with van der Waals surface area (Å²) in [7, 11) is 5.67. The third kappa shape index (κ3) is 3.16. The number of ether oxygens (including phenoxy) is 1. The molecule has 1 heterocycles. The van der Waals surface area contributed by atoms with Gasteiger partial charge in [0.15, 0.2) is 0 Å². The Balaban J connectivity index is 2.54. The van der Waals surface area contributed by atoms with Gasteiger partial charge in [0.2, 0.25) is 0 Å². The van der Waals surface area contributed by atoms with Gasteiger partial charge in [-0.2, -0.15) is 0 Å². The fraction of sp³-hybridized carbons (Fsp3) is 0.353. The minimum absolute atomic E-state index is 0.786. The summed E-state index contributed by atoms with van der Waals surface area (Å²) in [5, 5.41) is 3.22. The van der Waals surface area contributed by atoms with Crippen molar-refractivity contribution in [2.75, 3.05) is 26.1 Å². The predicted molar refractivity (Wildman–Crippen MR) is 87.5 cm³/mol. The van der Waals surface area contributed by atoms with Gasteiger partial charge in [0.25, 0.3) is 0 Å². The minimum atomic E-state index is 0.786. The SMILES string of the molecule is CNCc1c(C)cc(C)nc1N(C)c1ccccc1OC. The van der Waals surface area contributed by atoms with Gasteiger partial charge < -0.3 is 15.0 Å². The molecule has 4 heteroatoms. The van der Waals surface area contributed by atoms with Crippen LogP contribution >= 0.6 is 0 Å². The molecule has 0 radical (unpaired) electrons. The maximum Gasteiger partial charge on any atom is 0.142 e. The van der Waals surface area contributed by atoms with E-state index in [9.17, 15) is 0 Å². The highest BCUT2D eigenvalue weighted by Gasteiger charge is 2.16. The topological polar surface area (TPSA) is 37.4 Å². The van der Waals surface area contributed by atoms with Gasteiger partial charge in [-0.3, -0.25) is 0 Å². The van der Waals surface area contributed by atoms with Crippen LogP contribution in [0.4, 0.5) is 11.5 Å². The molecule has 21 heavy (non-hydrogen) atoms. The van der Waals surface area contributed by atoms with Crippen LogP contribution in [-0.4, -0.2) is 26.2 Å². The Morgan fingerprint density at radius 3 is 2.62 bits per heavy atom. The van der Waals surface area contributed by atoms with Crippen molar-refractivity contribution in [1.29, 1.82) is 0 Å². The van der Waals surface area contributed by atoms with Crippen LogP contribution in [0.5, 0.6) is 5.75 Å². The van der Waals surface area contributed by atoms with Crippen molar-refractivity contribution in [2.45, 2.75) is 20.4 Å². The molecule has 0 spiro atoms. The molecule has 1 aromatic heterocycles. The summed E-state index contributed by atoms with van der Waals surface area (Å²) in [5.41, 5.74) is 4.48. The van der Waals surface area contributed by atoms with Gasteiger partial charge in [-0.05, 0) is 44.7 Å². The number of hydrogen-bond acceptors (Lipinski definition) is 4. The van der Waals surface area contributed by atoms with Crippen molar-refractivity contribution in [3.63, 3.8) is 0 Å². The predicted octanol–water partition coefficient (Wildman–Crippen LogP) is 3.19. The highest BCUT2D eigenvalue weighted by atomic mass is 16.5. The summed E-state index contributed by atoms with van der Waals surface area (Å²) in [6.45, 7) is 4.94. The lowest BCUT2D eigenvalue weighted by Crippen LogP contribution is -2.18.